The van der Waals surface area contributed by atoms with E-state index in [1.165, 1.54) is 0 Å². The summed E-state index contributed by atoms with van der Waals surface area (Å²) in [7, 11) is 3.74. The molecule has 1 atom stereocenters. The van der Waals surface area contributed by atoms with Gasteiger partial charge in [0.2, 0.25) is 5.91 Å². The lowest BCUT2D eigenvalue weighted by atomic mass is 10.1. The van der Waals surface area contributed by atoms with Crippen LogP contribution in [0.25, 0.3) is 0 Å². The Balaban J connectivity index is 2.16. The second-order valence-electron chi connectivity index (χ2n) is 4.65. The number of hydrogen-bond acceptors (Lipinski definition) is 4. The van der Waals surface area contributed by atoms with E-state index in [1.54, 1.807) is 18.3 Å². The van der Waals surface area contributed by atoms with E-state index >= 15 is 0 Å². The van der Waals surface area contributed by atoms with Crippen LogP contribution in [-0.4, -0.2) is 25.0 Å². The number of nitrogens with one attached hydrogen (secondary N) is 1. The van der Waals surface area contributed by atoms with Gasteiger partial charge in [-0.15, -0.1) is 0 Å². The molecule has 1 aromatic carbocycles. The molecule has 0 fully saturated rings. The highest BCUT2D eigenvalue weighted by atomic mass is 16.2. The summed E-state index contributed by atoms with van der Waals surface area (Å²) in [6.45, 7) is 0. The van der Waals surface area contributed by atoms with Crippen molar-refractivity contribution >= 4 is 17.4 Å². The first-order valence-corrected chi connectivity index (χ1v) is 6.33. The Bertz CT molecular complexity index is 583. The fraction of sp³-hybridized carbons (Fsp3) is 0.200. The number of pyridine rings is 1. The van der Waals surface area contributed by atoms with Crippen molar-refractivity contribution in [3.8, 4) is 0 Å². The molecular formula is C15H18N4O. The summed E-state index contributed by atoms with van der Waals surface area (Å²) in [6, 6.07) is 12.1. The normalized spacial score (nSPS) is 11.8. The van der Waals surface area contributed by atoms with Gasteiger partial charge in [0.25, 0.3) is 0 Å². The molecule has 2 aromatic rings. The van der Waals surface area contributed by atoms with Crippen molar-refractivity contribution in [3.63, 3.8) is 0 Å². The highest BCUT2D eigenvalue weighted by Gasteiger charge is 2.17. The van der Waals surface area contributed by atoms with E-state index in [1.807, 2.05) is 49.3 Å². The summed E-state index contributed by atoms with van der Waals surface area (Å²) >= 11 is 0. The van der Waals surface area contributed by atoms with Crippen LogP contribution in [0.15, 0.2) is 48.7 Å². The molecule has 1 heterocycles. The molecule has 0 bridgehead atoms. The second kappa shape index (κ2) is 6.16. The van der Waals surface area contributed by atoms with Crippen molar-refractivity contribution in [2.45, 2.75) is 6.04 Å². The third-order valence-electron chi connectivity index (χ3n) is 2.91. The van der Waals surface area contributed by atoms with Gasteiger partial charge in [0.15, 0.2) is 5.82 Å². The van der Waals surface area contributed by atoms with Gasteiger partial charge in [0, 0.05) is 20.3 Å². The van der Waals surface area contributed by atoms with Crippen molar-refractivity contribution < 1.29 is 4.79 Å². The number of hydrogen-bond donors (Lipinski definition) is 2. The van der Waals surface area contributed by atoms with Crippen molar-refractivity contribution in [1.82, 2.24) is 4.98 Å². The molecule has 20 heavy (non-hydrogen) atoms. The zero-order chi connectivity index (χ0) is 14.5. The van der Waals surface area contributed by atoms with Crippen LogP contribution in [0.2, 0.25) is 0 Å². The highest BCUT2D eigenvalue weighted by molar-refractivity contribution is 5.97. The molecule has 0 aliphatic heterocycles. The molecule has 0 unspecified atom stereocenters. The minimum Gasteiger partial charge on any atom is -0.361 e. The topological polar surface area (TPSA) is 71.2 Å². The summed E-state index contributed by atoms with van der Waals surface area (Å²) in [6.07, 6.45) is 1.68. The fourth-order valence-electron chi connectivity index (χ4n) is 1.87. The Morgan fingerprint density at radius 1 is 1.20 bits per heavy atom. The standard InChI is InChI=1S/C15H18N4O/c1-19(2)14-12(9-6-10-17-14)18-15(20)13(16)11-7-4-3-5-8-11/h3-10,13H,16H2,1-2H3,(H,18,20)/t13-/m1/s1. The lowest BCUT2D eigenvalue weighted by Crippen LogP contribution is -2.28. The number of rotatable bonds is 4. The smallest absolute Gasteiger partial charge is 0.245 e. The monoisotopic (exact) mass is 270 g/mol. The third-order valence-corrected chi connectivity index (χ3v) is 2.91. The molecule has 0 aliphatic rings. The van der Waals surface area contributed by atoms with Gasteiger partial charge in [0.1, 0.15) is 6.04 Å². The minimum atomic E-state index is -0.702. The third kappa shape index (κ3) is 3.13. The first kappa shape index (κ1) is 14.0. The summed E-state index contributed by atoms with van der Waals surface area (Å²) < 4.78 is 0. The predicted molar refractivity (Wildman–Crippen MR) is 80.6 cm³/mol. The molecule has 5 heteroatoms. The maximum atomic E-state index is 12.2. The lowest BCUT2D eigenvalue weighted by molar-refractivity contribution is -0.117. The van der Waals surface area contributed by atoms with Crippen LogP contribution in [0, 0.1) is 0 Å². The van der Waals surface area contributed by atoms with E-state index in [-0.39, 0.29) is 5.91 Å². The molecule has 0 radical (unpaired) electrons. The van der Waals surface area contributed by atoms with Crippen molar-refractivity contribution in [2.24, 2.45) is 5.73 Å². The molecule has 0 spiro atoms. The zero-order valence-corrected chi connectivity index (χ0v) is 11.6. The Hall–Kier alpha value is -2.40. The Kier molecular flexibility index (Phi) is 4.32. The summed E-state index contributed by atoms with van der Waals surface area (Å²) in [4.78, 5) is 18.3. The van der Waals surface area contributed by atoms with Gasteiger partial charge < -0.3 is 16.0 Å². The highest BCUT2D eigenvalue weighted by Crippen LogP contribution is 2.21. The van der Waals surface area contributed by atoms with Crippen LogP contribution < -0.4 is 16.0 Å². The molecule has 0 saturated heterocycles. The van der Waals surface area contributed by atoms with Crippen LogP contribution in [0.5, 0.6) is 0 Å². The van der Waals surface area contributed by atoms with Crippen molar-refractivity contribution in [1.29, 1.82) is 0 Å². The van der Waals surface area contributed by atoms with E-state index in [2.05, 4.69) is 10.3 Å². The average molecular weight is 270 g/mol. The molecular weight excluding hydrogens is 252 g/mol. The number of carbonyl (C=O) groups is 1. The van der Waals surface area contributed by atoms with Crippen molar-refractivity contribution in [2.75, 3.05) is 24.3 Å². The molecule has 0 saturated carbocycles. The van der Waals surface area contributed by atoms with Crippen LogP contribution in [-0.2, 0) is 4.79 Å². The van der Waals surface area contributed by atoms with Gasteiger partial charge in [0.05, 0.1) is 5.69 Å². The number of nitrogens with two attached hydrogens (primary N) is 1. The number of anilines is 2. The van der Waals surface area contributed by atoms with E-state index in [9.17, 15) is 4.79 Å². The molecule has 1 amide bonds. The zero-order valence-electron chi connectivity index (χ0n) is 11.6. The van der Waals surface area contributed by atoms with E-state index in [0.29, 0.717) is 11.5 Å². The molecule has 0 aliphatic carbocycles. The minimum absolute atomic E-state index is 0.257. The molecule has 5 nitrogen and oxygen atoms in total. The van der Waals surface area contributed by atoms with Gasteiger partial charge in [-0.25, -0.2) is 4.98 Å². The molecule has 1 aromatic heterocycles. The largest absolute Gasteiger partial charge is 0.361 e. The van der Waals surface area contributed by atoms with Crippen molar-refractivity contribution in [3.05, 3.63) is 54.2 Å². The number of nitrogens with zero attached hydrogens (tertiary/aromatic N) is 2. The Morgan fingerprint density at radius 2 is 1.90 bits per heavy atom. The van der Waals surface area contributed by atoms with Crippen LogP contribution in [0.3, 0.4) is 0 Å². The number of benzene rings is 1. The Morgan fingerprint density at radius 3 is 2.55 bits per heavy atom. The van der Waals surface area contributed by atoms with Gasteiger partial charge in [-0.3, -0.25) is 4.79 Å². The van der Waals surface area contributed by atoms with Gasteiger partial charge in [-0.2, -0.15) is 0 Å². The summed E-state index contributed by atoms with van der Waals surface area (Å²) in [5, 5.41) is 2.82. The van der Waals surface area contributed by atoms with Crippen LogP contribution >= 0.6 is 0 Å². The van der Waals surface area contributed by atoms with E-state index < -0.39 is 6.04 Å². The van der Waals surface area contributed by atoms with E-state index in [0.717, 1.165) is 5.56 Å². The number of amides is 1. The average Bonchev–Trinajstić information content (AvgIpc) is 2.47. The van der Waals surface area contributed by atoms with E-state index in [4.69, 9.17) is 5.73 Å². The Labute approximate surface area is 118 Å². The predicted octanol–water partition coefficient (Wildman–Crippen LogP) is 1.79. The van der Waals surface area contributed by atoms with Gasteiger partial charge >= 0.3 is 0 Å². The quantitative estimate of drug-likeness (QED) is 0.888. The molecule has 2 rings (SSSR count). The summed E-state index contributed by atoms with van der Waals surface area (Å²) in [5.41, 5.74) is 7.39. The first-order chi connectivity index (χ1) is 9.59. The maximum absolute atomic E-state index is 12.2. The number of carbonyl (C=O) groups excluding carboxylic acids is 1. The fourth-order valence-corrected chi connectivity index (χ4v) is 1.87. The van der Waals surface area contributed by atoms with Crippen LogP contribution in [0.1, 0.15) is 11.6 Å². The summed E-state index contributed by atoms with van der Waals surface area (Å²) in [5.74, 6) is 0.438. The van der Waals surface area contributed by atoms with Gasteiger partial charge in [-0.1, -0.05) is 30.3 Å². The van der Waals surface area contributed by atoms with Crippen LogP contribution in [0.4, 0.5) is 11.5 Å². The SMILES string of the molecule is CN(C)c1ncccc1NC(=O)[C@H](N)c1ccccc1. The molecule has 104 valence electrons. The second-order valence-corrected chi connectivity index (χ2v) is 4.65. The first-order valence-electron chi connectivity index (χ1n) is 6.33. The lowest BCUT2D eigenvalue weighted by Gasteiger charge is -2.18. The van der Waals surface area contributed by atoms with Gasteiger partial charge in [-0.05, 0) is 17.7 Å². The number of aromatic nitrogens is 1. The molecule has 3 N–H and O–H groups in total. The maximum Gasteiger partial charge on any atom is 0.245 e.